The number of nitro benzene ring substituents is 2. The molecule has 0 atom stereocenters. The molecule has 2 rings (SSSR count). The maximum atomic E-state index is 11.0. The largest absolute Gasteiger partial charge is 0.496 e. The predicted octanol–water partition coefficient (Wildman–Crippen LogP) is 3.62. The van der Waals surface area contributed by atoms with E-state index in [4.69, 9.17) is 4.74 Å². The lowest BCUT2D eigenvalue weighted by Gasteiger charge is -2.02. The fraction of sp³-hybridized carbons (Fsp3) is 0.0625. The minimum atomic E-state index is -0.713. The molecule has 0 radical (unpaired) electrons. The highest BCUT2D eigenvalue weighted by molar-refractivity contribution is 5.80. The van der Waals surface area contributed by atoms with Crippen molar-refractivity contribution in [2.24, 2.45) is 5.10 Å². The van der Waals surface area contributed by atoms with Gasteiger partial charge in [-0.3, -0.25) is 25.7 Å². The van der Waals surface area contributed by atoms with Crippen LogP contribution in [0.4, 0.5) is 17.1 Å². The Kier molecular flexibility index (Phi) is 5.77. The zero-order valence-electron chi connectivity index (χ0n) is 13.2. The third-order valence-electron chi connectivity index (χ3n) is 3.15. The molecule has 9 nitrogen and oxygen atoms in total. The molecule has 0 spiro atoms. The van der Waals surface area contributed by atoms with Gasteiger partial charge in [-0.1, -0.05) is 18.2 Å². The van der Waals surface area contributed by atoms with E-state index in [1.54, 1.807) is 19.3 Å². The molecule has 0 heterocycles. The first-order valence-corrected chi connectivity index (χ1v) is 7.04. The van der Waals surface area contributed by atoms with Gasteiger partial charge >= 0.3 is 5.69 Å². The second-order valence-corrected chi connectivity index (χ2v) is 4.71. The van der Waals surface area contributed by atoms with Crippen LogP contribution in [0.1, 0.15) is 5.56 Å². The van der Waals surface area contributed by atoms with Crippen LogP contribution in [0.15, 0.2) is 53.6 Å². The van der Waals surface area contributed by atoms with E-state index in [0.717, 1.165) is 17.7 Å². The summed E-state index contributed by atoms with van der Waals surface area (Å²) >= 11 is 0. The van der Waals surface area contributed by atoms with Gasteiger partial charge in [-0.05, 0) is 24.3 Å². The van der Waals surface area contributed by atoms with Crippen molar-refractivity contribution in [2.75, 3.05) is 12.5 Å². The van der Waals surface area contributed by atoms with Gasteiger partial charge in [0.05, 0.1) is 23.0 Å². The number of hydrogen-bond acceptors (Lipinski definition) is 7. The van der Waals surface area contributed by atoms with E-state index in [9.17, 15) is 20.2 Å². The molecule has 0 aliphatic heterocycles. The Balaban J connectivity index is 2.10. The number of hydrazone groups is 1. The maximum absolute atomic E-state index is 11.0. The van der Waals surface area contributed by atoms with Crippen molar-refractivity contribution >= 4 is 29.4 Å². The normalized spacial score (nSPS) is 10.9. The average molecular weight is 342 g/mol. The van der Waals surface area contributed by atoms with Gasteiger partial charge in [0.2, 0.25) is 0 Å². The van der Waals surface area contributed by atoms with Crippen molar-refractivity contribution in [3.63, 3.8) is 0 Å². The van der Waals surface area contributed by atoms with Crippen LogP contribution in [0, 0.1) is 20.2 Å². The molecule has 0 fully saturated rings. The van der Waals surface area contributed by atoms with Crippen molar-refractivity contribution < 1.29 is 14.6 Å². The van der Waals surface area contributed by atoms with Crippen LogP contribution in [0.3, 0.4) is 0 Å². The fourth-order valence-electron chi connectivity index (χ4n) is 1.98. The summed E-state index contributed by atoms with van der Waals surface area (Å²) < 4.78 is 5.20. The number of nitrogens with zero attached hydrogens (tertiary/aromatic N) is 3. The van der Waals surface area contributed by atoms with Crippen LogP contribution in [0.2, 0.25) is 0 Å². The van der Waals surface area contributed by atoms with Crippen LogP contribution in [0.5, 0.6) is 5.75 Å². The van der Waals surface area contributed by atoms with Gasteiger partial charge in [0.15, 0.2) is 0 Å². The summed E-state index contributed by atoms with van der Waals surface area (Å²) in [5, 5.41) is 25.5. The maximum Gasteiger partial charge on any atom is 0.301 e. The van der Waals surface area contributed by atoms with Gasteiger partial charge in [0, 0.05) is 17.8 Å². The van der Waals surface area contributed by atoms with Crippen molar-refractivity contribution in [3.8, 4) is 5.75 Å². The molecule has 0 bridgehead atoms. The van der Waals surface area contributed by atoms with Gasteiger partial charge in [-0.2, -0.15) is 5.10 Å². The second kappa shape index (κ2) is 8.20. The molecular weight excluding hydrogens is 328 g/mol. The van der Waals surface area contributed by atoms with Gasteiger partial charge < -0.3 is 4.74 Å². The predicted molar refractivity (Wildman–Crippen MR) is 93.9 cm³/mol. The molecule has 0 saturated carbocycles. The van der Waals surface area contributed by atoms with Gasteiger partial charge in [-0.15, -0.1) is 0 Å². The van der Waals surface area contributed by atoms with Gasteiger partial charge in [0.1, 0.15) is 11.4 Å². The molecule has 0 aliphatic rings. The molecule has 0 aromatic heterocycles. The number of allylic oxidation sites excluding steroid dienone is 1. The molecule has 0 unspecified atom stereocenters. The summed E-state index contributed by atoms with van der Waals surface area (Å²) in [6.45, 7) is 0. The number of nitro groups is 2. The summed E-state index contributed by atoms with van der Waals surface area (Å²) in [7, 11) is 1.57. The Morgan fingerprint density at radius 1 is 1.12 bits per heavy atom. The Hall–Kier alpha value is -3.75. The Bertz CT molecular complexity index is 848. The van der Waals surface area contributed by atoms with E-state index >= 15 is 0 Å². The number of hydrogen-bond donors (Lipinski definition) is 1. The van der Waals surface area contributed by atoms with Gasteiger partial charge in [-0.25, -0.2) is 0 Å². The molecule has 9 heteroatoms. The van der Waals surface area contributed by atoms with E-state index in [1.165, 1.54) is 12.3 Å². The number of non-ortho nitro benzene ring substituents is 1. The summed E-state index contributed by atoms with van der Waals surface area (Å²) in [5.74, 6) is 0.700. The van der Waals surface area contributed by atoms with E-state index in [0.29, 0.717) is 5.75 Å². The SMILES string of the molecule is COc1ccccc1/C=C/C=N\Nc1ccc([N+](=O)[O-])cc1[N+](=O)[O-]. The molecule has 128 valence electrons. The third kappa shape index (κ3) is 4.61. The highest BCUT2D eigenvalue weighted by Gasteiger charge is 2.18. The molecular formula is C16H14N4O5. The monoisotopic (exact) mass is 342 g/mol. The third-order valence-corrected chi connectivity index (χ3v) is 3.15. The van der Waals surface area contributed by atoms with Crippen LogP contribution >= 0.6 is 0 Å². The smallest absolute Gasteiger partial charge is 0.301 e. The quantitative estimate of drug-likeness (QED) is 0.466. The molecule has 0 saturated heterocycles. The molecule has 1 N–H and O–H groups in total. The lowest BCUT2D eigenvalue weighted by atomic mass is 10.2. The van der Waals surface area contributed by atoms with Crippen molar-refractivity contribution in [2.45, 2.75) is 0 Å². The molecule has 2 aromatic carbocycles. The zero-order chi connectivity index (χ0) is 18.2. The first kappa shape index (κ1) is 17.6. The minimum Gasteiger partial charge on any atom is -0.496 e. The molecule has 25 heavy (non-hydrogen) atoms. The Morgan fingerprint density at radius 3 is 2.56 bits per heavy atom. The number of methoxy groups -OCH3 is 1. The van der Waals surface area contributed by atoms with Crippen LogP contribution in [-0.2, 0) is 0 Å². The topological polar surface area (TPSA) is 120 Å². The first-order valence-electron chi connectivity index (χ1n) is 7.04. The van der Waals surface area contributed by atoms with Crippen molar-refractivity contribution in [3.05, 3.63) is 74.3 Å². The van der Waals surface area contributed by atoms with Crippen LogP contribution < -0.4 is 10.2 Å². The first-order chi connectivity index (χ1) is 12.0. The number of rotatable bonds is 7. The summed E-state index contributed by atoms with van der Waals surface area (Å²) in [4.78, 5) is 20.3. The zero-order valence-corrected chi connectivity index (χ0v) is 13.2. The van der Waals surface area contributed by atoms with E-state index in [-0.39, 0.29) is 11.4 Å². The van der Waals surface area contributed by atoms with Crippen molar-refractivity contribution in [1.29, 1.82) is 0 Å². The lowest BCUT2D eigenvalue weighted by molar-refractivity contribution is -0.393. The van der Waals surface area contributed by atoms with Crippen molar-refractivity contribution in [1.82, 2.24) is 0 Å². The molecule has 2 aromatic rings. The molecule has 0 aliphatic carbocycles. The van der Waals surface area contributed by atoms with E-state index in [2.05, 4.69) is 10.5 Å². The number of nitrogens with one attached hydrogen (secondary N) is 1. The number of anilines is 1. The van der Waals surface area contributed by atoms with E-state index < -0.39 is 15.5 Å². The Labute approximate surface area is 142 Å². The minimum absolute atomic E-state index is 0.0533. The highest BCUT2D eigenvalue weighted by atomic mass is 16.6. The summed E-state index contributed by atoms with van der Waals surface area (Å²) in [6.07, 6.45) is 4.79. The van der Waals surface area contributed by atoms with Gasteiger partial charge in [0.25, 0.3) is 5.69 Å². The number of ether oxygens (including phenoxy) is 1. The summed E-state index contributed by atoms with van der Waals surface area (Å²) in [6, 6.07) is 10.7. The number of benzene rings is 2. The Morgan fingerprint density at radius 2 is 1.88 bits per heavy atom. The fourth-order valence-corrected chi connectivity index (χ4v) is 1.98. The van der Waals surface area contributed by atoms with E-state index in [1.807, 2.05) is 24.3 Å². The lowest BCUT2D eigenvalue weighted by Crippen LogP contribution is -1.98. The standard InChI is InChI=1S/C16H14N4O5/c1-25-16-7-3-2-5-12(16)6-4-10-17-18-14-9-8-13(19(21)22)11-15(14)20(23)24/h2-11,18H,1H3/b6-4+,17-10-. The summed E-state index contributed by atoms with van der Waals surface area (Å²) in [5.41, 5.74) is 2.60. The molecule has 0 amide bonds. The van der Waals surface area contributed by atoms with Crippen LogP contribution in [-0.4, -0.2) is 23.2 Å². The second-order valence-electron chi connectivity index (χ2n) is 4.71. The highest BCUT2D eigenvalue weighted by Crippen LogP contribution is 2.28. The number of para-hydroxylation sites is 1. The average Bonchev–Trinajstić information content (AvgIpc) is 2.61. The van der Waals surface area contributed by atoms with Crippen LogP contribution in [0.25, 0.3) is 6.08 Å².